The van der Waals surface area contributed by atoms with Gasteiger partial charge in [-0.05, 0) is 42.5 Å². The third-order valence-electron chi connectivity index (χ3n) is 3.78. The Morgan fingerprint density at radius 1 is 1.23 bits per heavy atom. The Hall–Kier alpha value is -2.22. The summed E-state index contributed by atoms with van der Waals surface area (Å²) < 4.78 is 15.8. The number of thiazole rings is 1. The number of aromatic nitrogens is 2. The van der Waals surface area contributed by atoms with Crippen LogP contribution in [0, 0.1) is 5.82 Å². The fourth-order valence-corrected chi connectivity index (χ4v) is 3.84. The van der Waals surface area contributed by atoms with Gasteiger partial charge in [-0.2, -0.15) is 0 Å². The monoisotopic (exact) mass is 449 g/mol. The largest absolute Gasteiger partial charge is 0.306 e. The second-order valence-electron chi connectivity index (χ2n) is 5.45. The number of halogens is 3. The Morgan fingerprint density at radius 2 is 2.00 bits per heavy atom. The Bertz CT molecular complexity index is 1120. The molecule has 1 N–H and O–H groups in total. The van der Waals surface area contributed by atoms with Gasteiger partial charge in [0.15, 0.2) is 4.96 Å². The number of benzene rings is 2. The van der Waals surface area contributed by atoms with Gasteiger partial charge in [0.25, 0.3) is 5.91 Å². The van der Waals surface area contributed by atoms with Gasteiger partial charge in [0, 0.05) is 21.6 Å². The molecule has 2 aromatic carbocycles. The molecule has 0 unspecified atom stereocenters. The van der Waals surface area contributed by atoms with Crippen LogP contribution in [0.4, 0.5) is 10.2 Å². The zero-order chi connectivity index (χ0) is 18.3. The predicted octanol–water partition coefficient (Wildman–Crippen LogP) is 5.87. The van der Waals surface area contributed by atoms with E-state index < -0.39 is 0 Å². The van der Waals surface area contributed by atoms with Gasteiger partial charge in [0.1, 0.15) is 17.3 Å². The molecule has 4 rings (SSSR count). The molecule has 26 heavy (non-hydrogen) atoms. The number of imidazole rings is 1. The van der Waals surface area contributed by atoms with Crippen LogP contribution in [0.5, 0.6) is 0 Å². The Labute approximate surface area is 165 Å². The number of rotatable bonds is 3. The summed E-state index contributed by atoms with van der Waals surface area (Å²) in [6.45, 7) is 0. The lowest BCUT2D eigenvalue weighted by molar-refractivity contribution is 0.102. The second kappa shape index (κ2) is 6.83. The molecular formula is C18H10BrClFN3OS. The topological polar surface area (TPSA) is 46.4 Å². The highest BCUT2D eigenvalue weighted by atomic mass is 79.9. The Kier molecular flexibility index (Phi) is 4.52. The van der Waals surface area contributed by atoms with E-state index in [4.69, 9.17) is 11.6 Å². The number of anilines is 1. The summed E-state index contributed by atoms with van der Waals surface area (Å²) in [5.41, 5.74) is 1.62. The van der Waals surface area contributed by atoms with E-state index in [0.717, 1.165) is 9.43 Å². The van der Waals surface area contributed by atoms with Gasteiger partial charge < -0.3 is 5.32 Å². The minimum Gasteiger partial charge on any atom is -0.306 e. The number of carbonyl (C=O) groups excluding carboxylic acids is 1. The smallest absolute Gasteiger partial charge is 0.258 e. The molecule has 1 amide bonds. The molecule has 0 bridgehead atoms. The highest BCUT2D eigenvalue weighted by molar-refractivity contribution is 9.10. The van der Waals surface area contributed by atoms with Crippen molar-refractivity contribution >= 4 is 55.6 Å². The summed E-state index contributed by atoms with van der Waals surface area (Å²) >= 11 is 10.9. The molecule has 0 spiro atoms. The number of nitrogens with zero attached hydrogens (tertiary/aromatic N) is 2. The summed E-state index contributed by atoms with van der Waals surface area (Å²) in [5, 5.41) is 5.11. The number of carbonyl (C=O) groups is 1. The van der Waals surface area contributed by atoms with E-state index in [-0.39, 0.29) is 11.7 Å². The van der Waals surface area contributed by atoms with Gasteiger partial charge >= 0.3 is 0 Å². The molecule has 0 saturated heterocycles. The zero-order valence-electron chi connectivity index (χ0n) is 13.0. The van der Waals surface area contributed by atoms with Crippen molar-refractivity contribution in [1.82, 2.24) is 9.38 Å². The lowest BCUT2D eigenvalue weighted by atomic mass is 10.1. The lowest BCUT2D eigenvalue weighted by Crippen LogP contribution is -2.14. The molecule has 4 aromatic rings. The molecule has 0 radical (unpaired) electrons. The fraction of sp³-hybridized carbons (Fsp3) is 0. The number of nitrogens with one attached hydrogen (secondary N) is 1. The molecule has 0 atom stereocenters. The van der Waals surface area contributed by atoms with Crippen LogP contribution in [-0.2, 0) is 0 Å². The molecule has 0 aliphatic heterocycles. The average Bonchev–Trinajstić information content (AvgIpc) is 3.20. The summed E-state index contributed by atoms with van der Waals surface area (Å²) in [6, 6.07) is 11.0. The zero-order valence-corrected chi connectivity index (χ0v) is 16.2. The Balaban J connectivity index is 1.79. The molecule has 8 heteroatoms. The summed E-state index contributed by atoms with van der Waals surface area (Å²) in [7, 11) is 0. The molecule has 0 fully saturated rings. The van der Waals surface area contributed by atoms with Crippen molar-refractivity contribution in [3.05, 3.63) is 74.9 Å². The van der Waals surface area contributed by atoms with Crippen LogP contribution < -0.4 is 5.32 Å². The van der Waals surface area contributed by atoms with E-state index in [2.05, 4.69) is 26.2 Å². The van der Waals surface area contributed by atoms with Crippen LogP contribution in [0.2, 0.25) is 5.02 Å². The SMILES string of the molecule is O=C(Nc1c(-c2ccc(F)cc2)nc2sccn12)c1cc(Br)ccc1Cl. The first-order valence-corrected chi connectivity index (χ1v) is 9.56. The Morgan fingerprint density at radius 3 is 2.77 bits per heavy atom. The van der Waals surface area contributed by atoms with Crippen LogP contribution in [0.3, 0.4) is 0 Å². The van der Waals surface area contributed by atoms with Crippen molar-refractivity contribution in [3.63, 3.8) is 0 Å². The predicted molar refractivity (Wildman–Crippen MR) is 106 cm³/mol. The van der Waals surface area contributed by atoms with E-state index in [1.54, 1.807) is 34.7 Å². The first-order chi connectivity index (χ1) is 12.5. The molecule has 0 aliphatic rings. The third kappa shape index (κ3) is 3.13. The van der Waals surface area contributed by atoms with Crippen molar-refractivity contribution in [3.8, 4) is 11.3 Å². The van der Waals surface area contributed by atoms with Crippen molar-refractivity contribution in [2.45, 2.75) is 0 Å². The summed E-state index contributed by atoms with van der Waals surface area (Å²) in [4.78, 5) is 18.1. The van der Waals surface area contributed by atoms with Crippen LogP contribution in [-0.4, -0.2) is 15.3 Å². The first-order valence-electron chi connectivity index (χ1n) is 7.51. The van der Waals surface area contributed by atoms with E-state index in [0.29, 0.717) is 27.7 Å². The number of hydrogen-bond donors (Lipinski definition) is 1. The van der Waals surface area contributed by atoms with Crippen molar-refractivity contribution in [2.75, 3.05) is 5.32 Å². The summed E-state index contributed by atoms with van der Waals surface area (Å²) in [6.07, 6.45) is 1.82. The van der Waals surface area contributed by atoms with Crippen molar-refractivity contribution in [1.29, 1.82) is 0 Å². The number of hydrogen-bond acceptors (Lipinski definition) is 3. The number of amides is 1. The van der Waals surface area contributed by atoms with Gasteiger partial charge in [-0.15, -0.1) is 11.3 Å². The number of fused-ring (bicyclic) bond motifs is 1. The molecule has 2 heterocycles. The molecule has 0 aliphatic carbocycles. The molecular weight excluding hydrogens is 441 g/mol. The third-order valence-corrected chi connectivity index (χ3v) is 5.36. The average molecular weight is 451 g/mol. The van der Waals surface area contributed by atoms with Gasteiger partial charge in [-0.3, -0.25) is 9.20 Å². The van der Waals surface area contributed by atoms with Gasteiger partial charge in [0.2, 0.25) is 0 Å². The minimum absolute atomic E-state index is 0.332. The van der Waals surface area contributed by atoms with E-state index in [1.165, 1.54) is 23.5 Å². The fourth-order valence-electron chi connectivity index (χ4n) is 2.56. The minimum atomic E-state index is -0.354. The maximum absolute atomic E-state index is 13.2. The van der Waals surface area contributed by atoms with Gasteiger partial charge in [-0.25, -0.2) is 9.37 Å². The van der Waals surface area contributed by atoms with Crippen LogP contribution >= 0.6 is 38.9 Å². The standard InChI is InChI=1S/C18H10BrClFN3OS/c19-11-3-6-14(20)13(9-11)17(25)23-16-15(10-1-4-12(21)5-2-10)22-18-24(16)7-8-26-18/h1-9H,(H,23,25). The van der Waals surface area contributed by atoms with E-state index in [1.807, 2.05) is 11.6 Å². The highest BCUT2D eigenvalue weighted by Crippen LogP contribution is 2.32. The van der Waals surface area contributed by atoms with Gasteiger partial charge in [-0.1, -0.05) is 27.5 Å². The van der Waals surface area contributed by atoms with Crippen LogP contribution in [0.25, 0.3) is 16.2 Å². The first kappa shape index (κ1) is 17.2. The maximum atomic E-state index is 13.2. The lowest BCUT2D eigenvalue weighted by Gasteiger charge is -2.09. The van der Waals surface area contributed by atoms with Crippen molar-refractivity contribution in [2.24, 2.45) is 0 Å². The molecule has 2 aromatic heterocycles. The molecule has 4 nitrogen and oxygen atoms in total. The highest BCUT2D eigenvalue weighted by Gasteiger charge is 2.19. The van der Waals surface area contributed by atoms with Crippen LogP contribution in [0.1, 0.15) is 10.4 Å². The summed E-state index contributed by atoms with van der Waals surface area (Å²) in [5.74, 6) is -0.178. The maximum Gasteiger partial charge on any atom is 0.258 e. The van der Waals surface area contributed by atoms with E-state index in [9.17, 15) is 9.18 Å². The normalized spacial score (nSPS) is 11.0. The molecule has 0 saturated carbocycles. The second-order valence-corrected chi connectivity index (χ2v) is 7.65. The molecule has 130 valence electrons. The van der Waals surface area contributed by atoms with Crippen LogP contribution in [0.15, 0.2) is 58.5 Å². The quantitative estimate of drug-likeness (QED) is 0.424. The van der Waals surface area contributed by atoms with Crippen molar-refractivity contribution < 1.29 is 9.18 Å². The van der Waals surface area contributed by atoms with Gasteiger partial charge in [0.05, 0.1) is 10.6 Å². The van der Waals surface area contributed by atoms with E-state index >= 15 is 0 Å².